The highest BCUT2D eigenvalue weighted by Crippen LogP contribution is 2.31. The van der Waals surface area contributed by atoms with Crippen LogP contribution in [0.2, 0.25) is 0 Å². The van der Waals surface area contributed by atoms with Crippen molar-refractivity contribution in [1.82, 2.24) is 0 Å². The fourth-order valence-electron chi connectivity index (χ4n) is 2.21. The summed E-state index contributed by atoms with van der Waals surface area (Å²) in [6.45, 7) is 0.218. The summed E-state index contributed by atoms with van der Waals surface area (Å²) in [4.78, 5) is 23.9. The molecule has 0 saturated heterocycles. The van der Waals surface area contributed by atoms with E-state index in [0.717, 1.165) is 0 Å². The molecule has 0 unspecified atom stereocenters. The van der Waals surface area contributed by atoms with E-state index in [9.17, 15) is 14.7 Å². The molecule has 2 aromatic carbocycles. The molecule has 0 aromatic heterocycles. The zero-order valence-electron chi connectivity index (χ0n) is 11.6. The average Bonchev–Trinajstić information content (AvgIpc) is 2.67. The lowest BCUT2D eigenvalue weighted by atomic mass is 10.1. The van der Waals surface area contributed by atoms with Crippen LogP contribution in [0.5, 0.6) is 11.5 Å². The fraction of sp³-hybridized carbons (Fsp3) is 0.125. The van der Waals surface area contributed by atoms with Crippen molar-refractivity contribution < 1.29 is 19.4 Å². The molecule has 0 spiro atoms. The number of anilines is 2. The lowest BCUT2D eigenvalue weighted by Crippen LogP contribution is -2.14. The number of phenols is 1. The van der Waals surface area contributed by atoms with E-state index in [2.05, 4.69) is 10.6 Å². The first kappa shape index (κ1) is 13.9. The van der Waals surface area contributed by atoms with E-state index in [-0.39, 0.29) is 30.6 Å². The molecule has 0 bridgehead atoms. The standard InChI is InChI=1S/C16H14N2O4/c19-11-4-1-3-10(9-11)17-16(21)12-5-2-6-13-15(12)22-8-7-14(20)18-13/h1-6,9,19H,7-8H2,(H,17,21)(H,18,20). The maximum Gasteiger partial charge on any atom is 0.259 e. The molecular formula is C16H14N2O4. The predicted molar refractivity (Wildman–Crippen MR) is 81.2 cm³/mol. The number of amides is 2. The summed E-state index contributed by atoms with van der Waals surface area (Å²) in [5.74, 6) is -0.109. The Morgan fingerprint density at radius 1 is 1.23 bits per heavy atom. The molecule has 22 heavy (non-hydrogen) atoms. The number of carbonyl (C=O) groups excluding carboxylic acids is 2. The van der Waals surface area contributed by atoms with Crippen LogP contribution in [0.25, 0.3) is 0 Å². The van der Waals surface area contributed by atoms with Gasteiger partial charge in [0.25, 0.3) is 5.91 Å². The summed E-state index contributed by atoms with van der Waals surface area (Å²) in [7, 11) is 0. The van der Waals surface area contributed by atoms with Crippen molar-refractivity contribution in [3.8, 4) is 11.5 Å². The second kappa shape index (κ2) is 5.77. The van der Waals surface area contributed by atoms with Crippen molar-refractivity contribution in [1.29, 1.82) is 0 Å². The molecule has 0 fully saturated rings. The zero-order valence-corrected chi connectivity index (χ0v) is 11.6. The van der Waals surface area contributed by atoms with Crippen LogP contribution in [-0.2, 0) is 4.79 Å². The largest absolute Gasteiger partial charge is 0.508 e. The number of fused-ring (bicyclic) bond motifs is 1. The van der Waals surface area contributed by atoms with Crippen LogP contribution in [-0.4, -0.2) is 23.5 Å². The Bertz CT molecular complexity index is 743. The van der Waals surface area contributed by atoms with Gasteiger partial charge in [-0.25, -0.2) is 0 Å². The molecule has 0 saturated carbocycles. The Labute approximate surface area is 126 Å². The van der Waals surface area contributed by atoms with E-state index in [0.29, 0.717) is 22.7 Å². The number of ether oxygens (including phenoxy) is 1. The van der Waals surface area contributed by atoms with Crippen molar-refractivity contribution in [2.75, 3.05) is 17.2 Å². The normalized spacial score (nSPS) is 13.4. The van der Waals surface area contributed by atoms with Gasteiger partial charge >= 0.3 is 0 Å². The van der Waals surface area contributed by atoms with E-state index in [4.69, 9.17) is 4.74 Å². The van der Waals surface area contributed by atoms with Crippen LogP contribution in [0, 0.1) is 0 Å². The second-order valence-corrected chi connectivity index (χ2v) is 4.83. The predicted octanol–water partition coefficient (Wildman–Crippen LogP) is 2.37. The fourth-order valence-corrected chi connectivity index (χ4v) is 2.21. The molecule has 1 aliphatic heterocycles. The molecule has 6 heteroatoms. The molecule has 0 radical (unpaired) electrons. The second-order valence-electron chi connectivity index (χ2n) is 4.83. The monoisotopic (exact) mass is 298 g/mol. The molecule has 3 N–H and O–H groups in total. The van der Waals surface area contributed by atoms with Gasteiger partial charge in [0.15, 0.2) is 5.75 Å². The quantitative estimate of drug-likeness (QED) is 0.794. The maximum absolute atomic E-state index is 12.4. The van der Waals surface area contributed by atoms with Gasteiger partial charge in [0, 0.05) is 11.8 Å². The van der Waals surface area contributed by atoms with Crippen LogP contribution in [0.15, 0.2) is 42.5 Å². The van der Waals surface area contributed by atoms with Crippen molar-refractivity contribution >= 4 is 23.2 Å². The number of nitrogens with one attached hydrogen (secondary N) is 2. The molecule has 112 valence electrons. The minimum absolute atomic E-state index is 0.0632. The molecular weight excluding hydrogens is 284 g/mol. The first-order valence-corrected chi connectivity index (χ1v) is 6.79. The summed E-state index contributed by atoms with van der Waals surface area (Å²) in [5.41, 5.74) is 1.27. The minimum Gasteiger partial charge on any atom is -0.508 e. The number of hydrogen-bond acceptors (Lipinski definition) is 4. The van der Waals surface area contributed by atoms with Gasteiger partial charge in [-0.1, -0.05) is 12.1 Å². The van der Waals surface area contributed by atoms with Crippen LogP contribution in [0.3, 0.4) is 0 Å². The molecule has 6 nitrogen and oxygen atoms in total. The van der Waals surface area contributed by atoms with Gasteiger partial charge in [-0.15, -0.1) is 0 Å². The minimum atomic E-state index is -0.376. The van der Waals surface area contributed by atoms with E-state index in [1.165, 1.54) is 12.1 Å². The molecule has 1 heterocycles. The number of benzene rings is 2. The van der Waals surface area contributed by atoms with Crippen LogP contribution >= 0.6 is 0 Å². The third-order valence-electron chi connectivity index (χ3n) is 3.21. The van der Waals surface area contributed by atoms with Crippen LogP contribution < -0.4 is 15.4 Å². The van der Waals surface area contributed by atoms with Gasteiger partial charge < -0.3 is 20.5 Å². The topological polar surface area (TPSA) is 87.7 Å². The molecule has 1 aliphatic rings. The summed E-state index contributed by atoms with van der Waals surface area (Å²) in [6.07, 6.45) is 0.238. The number of para-hydroxylation sites is 1. The number of phenolic OH excluding ortho intramolecular Hbond substituents is 1. The number of carbonyl (C=O) groups is 2. The SMILES string of the molecule is O=C1CCOc2c(cccc2C(=O)Nc2cccc(O)c2)N1. The first-order valence-electron chi connectivity index (χ1n) is 6.79. The Balaban J connectivity index is 1.90. The molecule has 3 rings (SSSR count). The lowest BCUT2D eigenvalue weighted by Gasteiger charge is -2.12. The number of aromatic hydroxyl groups is 1. The van der Waals surface area contributed by atoms with Gasteiger partial charge in [0.1, 0.15) is 5.75 Å². The maximum atomic E-state index is 12.4. The highest BCUT2D eigenvalue weighted by Gasteiger charge is 2.20. The summed E-state index contributed by atoms with van der Waals surface area (Å²) in [5, 5.41) is 14.8. The molecule has 0 aliphatic carbocycles. The summed E-state index contributed by atoms with van der Waals surface area (Å²) >= 11 is 0. The Kier molecular flexibility index (Phi) is 3.65. The van der Waals surface area contributed by atoms with Gasteiger partial charge in [-0.05, 0) is 24.3 Å². The Hall–Kier alpha value is -3.02. The third kappa shape index (κ3) is 2.85. The van der Waals surface area contributed by atoms with E-state index in [1.807, 2.05) is 0 Å². The van der Waals surface area contributed by atoms with Crippen molar-refractivity contribution in [2.45, 2.75) is 6.42 Å². The zero-order chi connectivity index (χ0) is 15.5. The summed E-state index contributed by atoms with van der Waals surface area (Å²) < 4.78 is 5.54. The van der Waals surface area contributed by atoms with Crippen LogP contribution in [0.4, 0.5) is 11.4 Å². The van der Waals surface area contributed by atoms with Gasteiger partial charge in [0.05, 0.1) is 24.3 Å². The summed E-state index contributed by atoms with van der Waals surface area (Å²) in [6, 6.07) is 11.2. The highest BCUT2D eigenvalue weighted by molar-refractivity contribution is 6.08. The van der Waals surface area contributed by atoms with Crippen molar-refractivity contribution in [2.24, 2.45) is 0 Å². The Morgan fingerprint density at radius 3 is 2.86 bits per heavy atom. The molecule has 2 amide bonds. The number of rotatable bonds is 2. The van der Waals surface area contributed by atoms with Gasteiger partial charge in [-0.3, -0.25) is 9.59 Å². The van der Waals surface area contributed by atoms with Crippen molar-refractivity contribution in [3.05, 3.63) is 48.0 Å². The highest BCUT2D eigenvalue weighted by atomic mass is 16.5. The van der Waals surface area contributed by atoms with Crippen molar-refractivity contribution in [3.63, 3.8) is 0 Å². The van der Waals surface area contributed by atoms with E-state index in [1.54, 1.807) is 30.3 Å². The van der Waals surface area contributed by atoms with Gasteiger partial charge in [-0.2, -0.15) is 0 Å². The Morgan fingerprint density at radius 2 is 2.05 bits per heavy atom. The number of hydrogen-bond donors (Lipinski definition) is 3. The van der Waals surface area contributed by atoms with Crippen LogP contribution in [0.1, 0.15) is 16.8 Å². The first-order chi connectivity index (χ1) is 10.6. The van der Waals surface area contributed by atoms with E-state index < -0.39 is 0 Å². The lowest BCUT2D eigenvalue weighted by molar-refractivity contribution is -0.116. The third-order valence-corrected chi connectivity index (χ3v) is 3.21. The smallest absolute Gasteiger partial charge is 0.259 e. The van der Waals surface area contributed by atoms with Gasteiger partial charge in [0.2, 0.25) is 5.91 Å². The van der Waals surface area contributed by atoms with E-state index >= 15 is 0 Å². The molecule has 2 aromatic rings. The average molecular weight is 298 g/mol. The molecule has 0 atom stereocenters.